The second kappa shape index (κ2) is 5.61. The average molecular weight is 239 g/mol. The summed E-state index contributed by atoms with van der Waals surface area (Å²) in [6.45, 7) is 2.12. The van der Waals surface area contributed by atoms with Crippen molar-refractivity contribution >= 4 is 59.6 Å². The topological polar surface area (TPSA) is 16.1 Å². The zero-order valence-electron chi connectivity index (χ0n) is 7.20. The number of thiol groups is 1. The fourth-order valence-corrected chi connectivity index (χ4v) is 1.97. The van der Waals surface area contributed by atoms with Gasteiger partial charge in [-0.25, -0.2) is 4.98 Å². The molecule has 0 aliphatic carbocycles. The van der Waals surface area contributed by atoms with Crippen LogP contribution < -0.4 is 4.90 Å². The minimum atomic E-state index is 0. The first-order valence-electron chi connectivity index (χ1n) is 4.37. The van der Waals surface area contributed by atoms with Crippen LogP contribution in [0, 0.1) is 0 Å². The molecule has 1 aliphatic heterocycles. The molecule has 5 heteroatoms. The van der Waals surface area contributed by atoms with Gasteiger partial charge in [0.05, 0.1) is 5.02 Å². The van der Waals surface area contributed by atoms with Crippen LogP contribution in [0.15, 0.2) is 17.2 Å². The summed E-state index contributed by atoms with van der Waals surface area (Å²) in [6, 6.07) is 1.81. The molecule has 0 unspecified atom stereocenters. The van der Waals surface area contributed by atoms with Gasteiger partial charge in [0.2, 0.25) is 0 Å². The predicted octanol–water partition coefficient (Wildman–Crippen LogP) is 1.98. The number of aromatic nitrogens is 1. The first-order chi connectivity index (χ1) is 6.29. The number of pyridine rings is 1. The number of anilines is 1. The summed E-state index contributed by atoms with van der Waals surface area (Å²) < 4.78 is 0. The van der Waals surface area contributed by atoms with Gasteiger partial charge in [0, 0.05) is 24.2 Å². The number of hydrogen-bond acceptors (Lipinski definition) is 3. The van der Waals surface area contributed by atoms with E-state index in [9.17, 15) is 0 Å². The van der Waals surface area contributed by atoms with Crippen LogP contribution >= 0.6 is 24.2 Å². The molecule has 0 atom stereocenters. The van der Waals surface area contributed by atoms with E-state index < -0.39 is 0 Å². The second-order valence-corrected chi connectivity index (χ2v) is 4.02. The van der Waals surface area contributed by atoms with Crippen molar-refractivity contribution in [2.75, 3.05) is 18.0 Å². The van der Waals surface area contributed by atoms with E-state index in [1.165, 1.54) is 12.8 Å². The van der Waals surface area contributed by atoms with Crippen molar-refractivity contribution in [1.82, 2.24) is 4.98 Å². The van der Waals surface area contributed by atoms with Gasteiger partial charge in [-0.05, 0) is 18.9 Å². The van der Waals surface area contributed by atoms with Crippen LogP contribution in [0.4, 0.5) is 5.82 Å². The van der Waals surface area contributed by atoms with E-state index >= 15 is 0 Å². The predicted molar refractivity (Wildman–Crippen MR) is 65.1 cm³/mol. The SMILES string of the molecule is Sc1ccnc(N2CCCC2)c1Cl.[NaH]. The normalized spacial score (nSPS) is 15.4. The van der Waals surface area contributed by atoms with E-state index in [0.717, 1.165) is 23.8 Å². The Balaban J connectivity index is 0.000000980. The molecule has 0 amide bonds. The Kier molecular flexibility index (Phi) is 5.08. The quantitative estimate of drug-likeness (QED) is 0.595. The molecule has 0 radical (unpaired) electrons. The number of nitrogens with zero attached hydrogens (tertiary/aromatic N) is 2. The van der Waals surface area contributed by atoms with Crippen LogP contribution in [0.5, 0.6) is 0 Å². The third-order valence-corrected chi connectivity index (χ3v) is 3.13. The number of halogens is 1. The standard InChI is InChI=1S/C9H11ClN2S.Na.H/c10-8-7(13)3-4-11-9(8)12-5-1-2-6-12;;/h3-4H,1-2,5-6H2,(H,11,13);;. The van der Waals surface area contributed by atoms with Gasteiger partial charge in [0.25, 0.3) is 0 Å². The Bertz CT molecular complexity index is 316. The van der Waals surface area contributed by atoms with Gasteiger partial charge in [0.1, 0.15) is 5.82 Å². The summed E-state index contributed by atoms with van der Waals surface area (Å²) in [4.78, 5) is 7.28. The monoisotopic (exact) mass is 238 g/mol. The number of hydrogen-bond donors (Lipinski definition) is 1. The molecule has 0 N–H and O–H groups in total. The fourth-order valence-electron chi connectivity index (χ4n) is 1.57. The van der Waals surface area contributed by atoms with Crippen molar-refractivity contribution in [3.8, 4) is 0 Å². The van der Waals surface area contributed by atoms with E-state index in [-0.39, 0.29) is 29.6 Å². The first kappa shape index (κ1) is 12.7. The molecule has 2 rings (SSSR count). The molecular weight excluding hydrogens is 227 g/mol. The molecule has 1 aliphatic rings. The molecule has 1 aromatic heterocycles. The third kappa shape index (κ3) is 2.58. The summed E-state index contributed by atoms with van der Waals surface area (Å²) >= 11 is 10.4. The van der Waals surface area contributed by atoms with E-state index in [4.69, 9.17) is 11.6 Å². The van der Waals surface area contributed by atoms with Crippen LogP contribution in [0.2, 0.25) is 5.02 Å². The van der Waals surface area contributed by atoms with E-state index in [0.29, 0.717) is 5.02 Å². The molecule has 0 saturated carbocycles. The molecule has 72 valence electrons. The molecular formula is C9H12ClN2NaS. The molecule has 0 spiro atoms. The summed E-state index contributed by atoms with van der Waals surface area (Å²) in [5, 5.41) is 0.674. The Labute approximate surface area is 117 Å². The summed E-state index contributed by atoms with van der Waals surface area (Å²) in [5.74, 6) is 0.881. The van der Waals surface area contributed by atoms with Gasteiger partial charge >= 0.3 is 29.6 Å². The van der Waals surface area contributed by atoms with Crippen LogP contribution in [0.25, 0.3) is 0 Å². The Morgan fingerprint density at radius 1 is 1.36 bits per heavy atom. The van der Waals surface area contributed by atoms with Crippen molar-refractivity contribution in [3.05, 3.63) is 17.3 Å². The summed E-state index contributed by atoms with van der Waals surface area (Å²) in [7, 11) is 0. The van der Waals surface area contributed by atoms with Crippen molar-refractivity contribution in [3.63, 3.8) is 0 Å². The van der Waals surface area contributed by atoms with E-state index in [1.54, 1.807) is 6.20 Å². The van der Waals surface area contributed by atoms with E-state index in [1.807, 2.05) is 6.07 Å². The summed E-state index contributed by atoms with van der Waals surface area (Å²) in [6.07, 6.45) is 4.21. The van der Waals surface area contributed by atoms with Crippen LogP contribution in [0.3, 0.4) is 0 Å². The van der Waals surface area contributed by atoms with Gasteiger partial charge in [-0.2, -0.15) is 0 Å². The second-order valence-electron chi connectivity index (χ2n) is 3.16. The zero-order chi connectivity index (χ0) is 9.26. The Morgan fingerprint density at radius 2 is 2.00 bits per heavy atom. The van der Waals surface area contributed by atoms with Gasteiger partial charge in [-0.15, -0.1) is 12.6 Å². The van der Waals surface area contributed by atoms with Gasteiger partial charge in [0.15, 0.2) is 0 Å². The third-order valence-electron chi connectivity index (χ3n) is 2.26. The molecule has 2 heterocycles. The number of rotatable bonds is 1. The van der Waals surface area contributed by atoms with Gasteiger partial charge < -0.3 is 4.90 Å². The van der Waals surface area contributed by atoms with Crippen LogP contribution in [-0.2, 0) is 0 Å². The van der Waals surface area contributed by atoms with Gasteiger partial charge in [-0.3, -0.25) is 0 Å². The van der Waals surface area contributed by atoms with Crippen molar-refractivity contribution in [2.24, 2.45) is 0 Å². The molecule has 14 heavy (non-hydrogen) atoms. The molecule has 0 aromatic carbocycles. The van der Waals surface area contributed by atoms with Crippen molar-refractivity contribution < 1.29 is 0 Å². The maximum absolute atomic E-state index is 6.09. The Hall–Kier alpha value is 0.590. The minimum absolute atomic E-state index is 0. The molecule has 1 saturated heterocycles. The molecule has 1 aromatic rings. The van der Waals surface area contributed by atoms with Crippen LogP contribution in [-0.4, -0.2) is 47.6 Å². The molecule has 2 nitrogen and oxygen atoms in total. The maximum atomic E-state index is 6.09. The molecule has 1 fully saturated rings. The summed E-state index contributed by atoms with van der Waals surface area (Å²) in [5.41, 5.74) is 0. The average Bonchev–Trinajstić information content (AvgIpc) is 2.62. The Morgan fingerprint density at radius 3 is 2.64 bits per heavy atom. The molecule has 0 bridgehead atoms. The van der Waals surface area contributed by atoms with E-state index in [2.05, 4.69) is 22.5 Å². The first-order valence-corrected chi connectivity index (χ1v) is 5.20. The van der Waals surface area contributed by atoms with Crippen molar-refractivity contribution in [2.45, 2.75) is 17.7 Å². The van der Waals surface area contributed by atoms with Gasteiger partial charge in [-0.1, -0.05) is 11.6 Å². The zero-order valence-corrected chi connectivity index (χ0v) is 8.85. The van der Waals surface area contributed by atoms with Crippen LogP contribution in [0.1, 0.15) is 12.8 Å². The fraction of sp³-hybridized carbons (Fsp3) is 0.444. The van der Waals surface area contributed by atoms with Crippen molar-refractivity contribution in [1.29, 1.82) is 0 Å².